The highest BCUT2D eigenvalue weighted by Gasteiger charge is 2.28. The topological polar surface area (TPSA) is 77.3 Å². The van der Waals surface area contributed by atoms with Crippen molar-refractivity contribution in [3.05, 3.63) is 35.7 Å². The molecule has 1 aromatic heterocycles. The average molecular weight is 407 g/mol. The number of aromatic nitrogens is 2. The number of piperidine rings is 1. The molecule has 0 unspecified atom stereocenters. The Hall–Kier alpha value is -2.18. The van der Waals surface area contributed by atoms with Gasteiger partial charge in [-0.3, -0.25) is 9.98 Å². The molecule has 0 bridgehead atoms. The van der Waals surface area contributed by atoms with Crippen molar-refractivity contribution < 1.29 is 0 Å². The fourth-order valence-corrected chi connectivity index (χ4v) is 4.73. The molecule has 1 aromatic carbocycles. The van der Waals surface area contributed by atoms with Crippen LogP contribution in [0.3, 0.4) is 0 Å². The normalized spacial score (nSPS) is 23.5. The molecule has 160 valence electrons. The summed E-state index contributed by atoms with van der Waals surface area (Å²) in [6, 6.07) is 6.82. The lowest BCUT2D eigenvalue weighted by atomic mass is 9.78. The van der Waals surface area contributed by atoms with Gasteiger partial charge >= 0.3 is 0 Å². The van der Waals surface area contributed by atoms with Crippen molar-refractivity contribution in [3.8, 4) is 0 Å². The SMILES string of the molecule is CNCCCC1CC(/N=C(/C=N)c2cnc3ccc(C4CCN(C)CC4)cc3n2)C1. The number of likely N-dealkylation sites (tertiary alicyclic amines) is 1. The van der Waals surface area contributed by atoms with Gasteiger partial charge in [0.2, 0.25) is 0 Å². The second-order valence-electron chi connectivity index (χ2n) is 8.98. The van der Waals surface area contributed by atoms with E-state index in [0.717, 1.165) is 55.1 Å². The van der Waals surface area contributed by atoms with Gasteiger partial charge in [-0.1, -0.05) is 6.07 Å². The minimum Gasteiger partial charge on any atom is -0.320 e. The van der Waals surface area contributed by atoms with E-state index in [1.165, 1.54) is 37.5 Å². The zero-order valence-corrected chi connectivity index (χ0v) is 18.3. The molecular weight excluding hydrogens is 372 g/mol. The van der Waals surface area contributed by atoms with E-state index in [2.05, 4.69) is 40.4 Å². The fourth-order valence-electron chi connectivity index (χ4n) is 4.73. The van der Waals surface area contributed by atoms with E-state index in [1.807, 2.05) is 7.05 Å². The van der Waals surface area contributed by atoms with E-state index >= 15 is 0 Å². The van der Waals surface area contributed by atoms with E-state index in [1.54, 1.807) is 6.20 Å². The molecule has 1 saturated heterocycles. The lowest BCUT2D eigenvalue weighted by Crippen LogP contribution is -2.29. The van der Waals surface area contributed by atoms with Crippen LogP contribution in [0.15, 0.2) is 29.4 Å². The Morgan fingerprint density at radius 3 is 2.80 bits per heavy atom. The Labute approximate surface area is 179 Å². The number of aliphatic imine (C=N–C) groups is 1. The molecule has 1 saturated carbocycles. The quantitative estimate of drug-likeness (QED) is 0.518. The predicted octanol–water partition coefficient (Wildman–Crippen LogP) is 3.66. The summed E-state index contributed by atoms with van der Waals surface area (Å²) in [6.07, 6.45) is 10.2. The molecule has 0 atom stereocenters. The summed E-state index contributed by atoms with van der Waals surface area (Å²) < 4.78 is 0. The third-order valence-corrected chi connectivity index (χ3v) is 6.73. The molecule has 2 fully saturated rings. The second kappa shape index (κ2) is 9.75. The Bertz CT molecular complexity index is 894. The standard InChI is InChI=1S/C24H34N6/c1-26-9-3-4-17-12-20(13-17)28-23(15-25)24-16-27-21-6-5-19(14-22(21)29-24)18-7-10-30(2)11-8-18/h5-6,14-18,20,25-26H,3-4,7-13H2,1-2H3/b25-15?,28-23-. The van der Waals surface area contributed by atoms with Crippen molar-refractivity contribution in [3.63, 3.8) is 0 Å². The first-order valence-corrected chi connectivity index (χ1v) is 11.3. The number of hydrogen-bond donors (Lipinski definition) is 2. The van der Waals surface area contributed by atoms with Crippen LogP contribution in [0, 0.1) is 11.3 Å². The zero-order valence-electron chi connectivity index (χ0n) is 18.3. The lowest BCUT2D eigenvalue weighted by molar-refractivity contribution is 0.247. The van der Waals surface area contributed by atoms with Crippen LogP contribution in [0.4, 0.5) is 0 Å². The monoisotopic (exact) mass is 406 g/mol. The smallest absolute Gasteiger partial charge is 0.109 e. The van der Waals surface area contributed by atoms with Gasteiger partial charge in [0.15, 0.2) is 0 Å². The minimum atomic E-state index is 0.323. The maximum absolute atomic E-state index is 7.87. The van der Waals surface area contributed by atoms with Gasteiger partial charge in [0, 0.05) is 6.21 Å². The molecule has 0 spiro atoms. The van der Waals surface area contributed by atoms with Crippen molar-refractivity contribution >= 4 is 23.0 Å². The summed E-state index contributed by atoms with van der Waals surface area (Å²) in [4.78, 5) is 16.7. The van der Waals surface area contributed by atoms with Crippen LogP contribution in [-0.4, -0.2) is 66.6 Å². The maximum atomic E-state index is 7.87. The molecule has 2 aliphatic rings. The van der Waals surface area contributed by atoms with Crippen LogP contribution >= 0.6 is 0 Å². The Morgan fingerprint density at radius 1 is 1.27 bits per heavy atom. The molecule has 2 aromatic rings. The van der Waals surface area contributed by atoms with Crippen molar-refractivity contribution in [2.45, 2.75) is 50.5 Å². The molecule has 2 heterocycles. The van der Waals surface area contributed by atoms with Crippen molar-refractivity contribution in [1.29, 1.82) is 5.41 Å². The Kier molecular flexibility index (Phi) is 6.85. The van der Waals surface area contributed by atoms with E-state index < -0.39 is 0 Å². The molecular formula is C24H34N6. The molecule has 0 amide bonds. The van der Waals surface area contributed by atoms with Gasteiger partial charge in [-0.05, 0) is 102 Å². The molecule has 0 radical (unpaired) electrons. The summed E-state index contributed by atoms with van der Waals surface area (Å²) in [5, 5.41) is 11.1. The minimum absolute atomic E-state index is 0.323. The summed E-state index contributed by atoms with van der Waals surface area (Å²) in [5.74, 6) is 1.38. The molecule has 30 heavy (non-hydrogen) atoms. The van der Waals surface area contributed by atoms with E-state index in [-0.39, 0.29) is 0 Å². The lowest BCUT2D eigenvalue weighted by Gasteiger charge is -2.33. The molecule has 1 aliphatic carbocycles. The number of nitrogens with zero attached hydrogens (tertiary/aromatic N) is 4. The Balaban J connectivity index is 1.46. The summed E-state index contributed by atoms with van der Waals surface area (Å²) in [7, 11) is 4.20. The van der Waals surface area contributed by atoms with Crippen LogP contribution < -0.4 is 5.32 Å². The largest absolute Gasteiger partial charge is 0.320 e. The molecule has 2 N–H and O–H groups in total. The highest BCUT2D eigenvalue weighted by Crippen LogP contribution is 2.34. The van der Waals surface area contributed by atoms with Crippen molar-refractivity contribution in [1.82, 2.24) is 20.2 Å². The predicted molar refractivity (Wildman–Crippen MR) is 124 cm³/mol. The van der Waals surface area contributed by atoms with Gasteiger partial charge in [-0.2, -0.15) is 0 Å². The van der Waals surface area contributed by atoms with Gasteiger partial charge in [-0.25, -0.2) is 4.98 Å². The molecule has 1 aliphatic heterocycles. The van der Waals surface area contributed by atoms with E-state index in [0.29, 0.717) is 17.7 Å². The highest BCUT2D eigenvalue weighted by molar-refractivity contribution is 6.36. The molecule has 6 heteroatoms. The number of hydrogen-bond acceptors (Lipinski definition) is 6. The molecule has 4 rings (SSSR count). The Morgan fingerprint density at radius 2 is 2.07 bits per heavy atom. The summed E-state index contributed by atoms with van der Waals surface area (Å²) in [6.45, 7) is 3.38. The van der Waals surface area contributed by atoms with E-state index in [4.69, 9.17) is 15.4 Å². The van der Waals surface area contributed by atoms with Crippen LogP contribution in [0.5, 0.6) is 0 Å². The average Bonchev–Trinajstić information content (AvgIpc) is 2.74. The van der Waals surface area contributed by atoms with Gasteiger partial charge in [0.1, 0.15) is 11.4 Å². The molecule has 6 nitrogen and oxygen atoms in total. The maximum Gasteiger partial charge on any atom is 0.109 e. The number of nitrogens with one attached hydrogen (secondary N) is 2. The van der Waals surface area contributed by atoms with Gasteiger partial charge in [0.25, 0.3) is 0 Å². The first-order valence-electron chi connectivity index (χ1n) is 11.3. The fraction of sp³-hybridized carbons (Fsp3) is 0.583. The zero-order chi connectivity index (χ0) is 20.9. The van der Waals surface area contributed by atoms with Gasteiger partial charge in [0.05, 0.1) is 23.3 Å². The van der Waals surface area contributed by atoms with Crippen molar-refractivity contribution in [2.24, 2.45) is 10.9 Å². The first kappa shape index (κ1) is 21.1. The van der Waals surface area contributed by atoms with Gasteiger partial charge in [-0.15, -0.1) is 0 Å². The summed E-state index contributed by atoms with van der Waals surface area (Å²) >= 11 is 0. The number of rotatable bonds is 8. The second-order valence-corrected chi connectivity index (χ2v) is 8.98. The van der Waals surface area contributed by atoms with Crippen molar-refractivity contribution in [2.75, 3.05) is 33.7 Å². The van der Waals surface area contributed by atoms with Gasteiger partial charge < -0.3 is 15.6 Å². The number of benzene rings is 1. The van der Waals surface area contributed by atoms with Crippen LogP contribution in [-0.2, 0) is 0 Å². The highest BCUT2D eigenvalue weighted by atomic mass is 15.1. The third kappa shape index (κ3) is 4.93. The van der Waals surface area contributed by atoms with Crippen LogP contribution in [0.2, 0.25) is 0 Å². The van der Waals surface area contributed by atoms with E-state index in [9.17, 15) is 0 Å². The van der Waals surface area contributed by atoms with Crippen LogP contribution in [0.1, 0.15) is 55.7 Å². The third-order valence-electron chi connectivity index (χ3n) is 6.73. The number of fused-ring (bicyclic) bond motifs is 1. The first-order chi connectivity index (χ1) is 14.7. The summed E-state index contributed by atoms with van der Waals surface area (Å²) in [5.41, 5.74) is 4.56. The van der Waals surface area contributed by atoms with Crippen LogP contribution in [0.25, 0.3) is 11.0 Å².